The Kier molecular flexibility index (Phi) is 10.9. The second kappa shape index (κ2) is 8.50. The summed E-state index contributed by atoms with van der Waals surface area (Å²) in [5.74, 6) is 0. The molecule has 6 heteroatoms. The molecule has 0 aromatic carbocycles. The Bertz CT molecular complexity index is 130. The van der Waals surface area contributed by atoms with E-state index in [1.54, 1.807) is 0 Å². The summed E-state index contributed by atoms with van der Waals surface area (Å²) in [5, 5.41) is 0. The summed E-state index contributed by atoms with van der Waals surface area (Å²) < 4.78 is 20.0. The zero-order valence-electron chi connectivity index (χ0n) is 7.65. The molecule has 0 spiro atoms. The van der Waals surface area contributed by atoms with E-state index in [0.717, 1.165) is 0 Å². The van der Waals surface area contributed by atoms with Crippen molar-refractivity contribution < 1.29 is 18.5 Å². The van der Waals surface area contributed by atoms with Crippen molar-refractivity contribution in [3.63, 3.8) is 0 Å². The molecule has 0 saturated carbocycles. The number of rotatable bonds is 6. The number of phosphoric acid groups is 1. The van der Waals surface area contributed by atoms with Crippen LogP contribution in [-0.2, 0) is 13.6 Å². The predicted octanol–water partition coefficient (Wildman–Crippen LogP) is 1.02. The molecule has 0 aromatic rings. The fourth-order valence-electron chi connectivity index (χ4n) is 0.451. The minimum absolute atomic E-state index is 0. The van der Waals surface area contributed by atoms with Crippen LogP contribution in [-0.4, -0.2) is 42.0 Å². The molecule has 0 atom stereocenters. The van der Waals surface area contributed by atoms with Crippen LogP contribution < -0.4 is 0 Å². The minimum atomic E-state index is -3.73. The summed E-state index contributed by atoms with van der Waals surface area (Å²) in [7, 11) is -3.73. The van der Waals surface area contributed by atoms with Gasteiger partial charge in [-0.3, -0.25) is 9.05 Å². The molecule has 0 aromatic heterocycles. The summed E-state index contributed by atoms with van der Waals surface area (Å²) >= 11 is 0. The van der Waals surface area contributed by atoms with Crippen LogP contribution in [0.2, 0.25) is 0 Å². The third kappa shape index (κ3) is 9.00. The maximum absolute atomic E-state index is 10.8. The molecule has 1 N–H and O–H groups in total. The Morgan fingerprint density at radius 2 is 1.50 bits per heavy atom. The summed E-state index contributed by atoms with van der Waals surface area (Å²) in [5.41, 5.74) is 0. The van der Waals surface area contributed by atoms with Gasteiger partial charge in [-0.05, 0) is 12.8 Å². The van der Waals surface area contributed by atoms with Crippen LogP contribution >= 0.6 is 7.82 Å². The second-order valence-corrected chi connectivity index (χ2v) is 3.59. The topological polar surface area (TPSA) is 55.8 Å². The zero-order valence-corrected chi connectivity index (χ0v) is 12.6. The number of hydrogen-bond donors (Lipinski definition) is 1. The van der Waals surface area contributed by atoms with Gasteiger partial charge in [0.2, 0.25) is 0 Å². The van der Waals surface area contributed by atoms with Crippen molar-refractivity contribution in [3.8, 4) is 0 Å². The van der Waals surface area contributed by atoms with E-state index in [-0.39, 0.29) is 37.1 Å². The van der Waals surface area contributed by atoms with E-state index in [1.807, 2.05) is 13.8 Å². The van der Waals surface area contributed by atoms with E-state index < -0.39 is 7.82 Å². The van der Waals surface area contributed by atoms with Gasteiger partial charge in [-0.2, -0.15) is 0 Å². The van der Waals surface area contributed by atoms with Crippen LogP contribution in [0, 0.1) is 0 Å². The summed E-state index contributed by atoms with van der Waals surface area (Å²) in [4.78, 5) is 8.89. The molecule has 0 bridgehead atoms. The van der Waals surface area contributed by atoms with Gasteiger partial charge >= 0.3 is 31.7 Å². The van der Waals surface area contributed by atoms with E-state index in [0.29, 0.717) is 12.8 Å². The average Bonchev–Trinajstić information content (AvgIpc) is 1.97. The van der Waals surface area contributed by atoms with Gasteiger partial charge in [0.1, 0.15) is 0 Å². The van der Waals surface area contributed by atoms with Crippen LogP contribution in [0.5, 0.6) is 0 Å². The third-order valence-electron chi connectivity index (χ3n) is 0.917. The summed E-state index contributed by atoms with van der Waals surface area (Å²) in [6, 6.07) is 0. The molecule has 2 radical (unpaired) electrons. The van der Waals surface area contributed by atoms with Crippen molar-refractivity contribution in [1.82, 2.24) is 0 Å². The molecule has 4 nitrogen and oxygen atoms in total. The Hall–Kier alpha value is 0.909. The standard InChI is InChI=1S/C6H15O4P.Sn.2H/c1-3-5-9-11(7,8)10-6-4-2;;;/h3-6H2,1-2H3,(H,7,8);;;. The molecule has 0 aliphatic heterocycles. The third-order valence-corrected chi connectivity index (χ3v) is 1.93. The molecule has 0 saturated heterocycles. The Labute approximate surface area is 90.2 Å². The van der Waals surface area contributed by atoms with Gasteiger partial charge in [0.05, 0.1) is 13.2 Å². The first-order valence-electron chi connectivity index (χ1n) is 3.74. The van der Waals surface area contributed by atoms with E-state index >= 15 is 0 Å². The van der Waals surface area contributed by atoms with Crippen molar-refractivity contribution in [2.24, 2.45) is 0 Å². The van der Waals surface area contributed by atoms with Crippen molar-refractivity contribution in [2.45, 2.75) is 26.7 Å². The van der Waals surface area contributed by atoms with Crippen LogP contribution in [0.4, 0.5) is 0 Å². The monoisotopic (exact) mass is 304 g/mol. The van der Waals surface area contributed by atoms with Gasteiger partial charge in [-0.15, -0.1) is 0 Å². The molecule has 0 unspecified atom stereocenters. The van der Waals surface area contributed by atoms with Gasteiger partial charge in [0.15, 0.2) is 0 Å². The predicted molar refractivity (Wildman–Crippen MR) is 50.9 cm³/mol. The first-order chi connectivity index (χ1) is 5.12. The van der Waals surface area contributed by atoms with Crippen molar-refractivity contribution in [1.29, 1.82) is 0 Å². The Morgan fingerprint density at radius 1 is 1.17 bits per heavy atom. The number of hydrogen-bond acceptors (Lipinski definition) is 3. The Balaban J connectivity index is 0. The molecule has 74 valence electrons. The van der Waals surface area contributed by atoms with E-state index in [9.17, 15) is 4.57 Å². The fourth-order valence-corrected chi connectivity index (χ4v) is 1.35. The molecule has 0 amide bonds. The average molecular weight is 303 g/mol. The molecule has 0 aliphatic rings. The van der Waals surface area contributed by atoms with Gasteiger partial charge in [-0.25, -0.2) is 4.57 Å². The second-order valence-electron chi connectivity index (χ2n) is 2.14. The van der Waals surface area contributed by atoms with E-state index in [1.165, 1.54) is 0 Å². The molecule has 0 fully saturated rings. The molecular weight excluding hydrogens is 286 g/mol. The van der Waals surface area contributed by atoms with Crippen molar-refractivity contribution in [2.75, 3.05) is 13.2 Å². The molecule has 0 heterocycles. The summed E-state index contributed by atoms with van der Waals surface area (Å²) in [6.07, 6.45) is 1.42. The summed E-state index contributed by atoms with van der Waals surface area (Å²) in [6.45, 7) is 4.24. The Morgan fingerprint density at radius 3 is 1.75 bits per heavy atom. The van der Waals surface area contributed by atoms with Gasteiger partial charge in [0, 0.05) is 0 Å². The molecule has 0 aliphatic carbocycles. The maximum atomic E-state index is 10.8. The van der Waals surface area contributed by atoms with Crippen LogP contribution in [0.1, 0.15) is 26.7 Å². The fraction of sp³-hybridized carbons (Fsp3) is 1.00. The van der Waals surface area contributed by atoms with Crippen LogP contribution in [0.15, 0.2) is 0 Å². The molecule has 0 rings (SSSR count). The number of phosphoric ester groups is 1. The molecular formula is C6H17O4PSn. The first-order valence-corrected chi connectivity index (χ1v) is 5.23. The van der Waals surface area contributed by atoms with Gasteiger partial charge < -0.3 is 4.89 Å². The van der Waals surface area contributed by atoms with Gasteiger partial charge in [-0.1, -0.05) is 13.8 Å². The van der Waals surface area contributed by atoms with Gasteiger partial charge in [0.25, 0.3) is 0 Å². The van der Waals surface area contributed by atoms with E-state index in [2.05, 4.69) is 9.05 Å². The first kappa shape index (κ1) is 15.4. The SMILES string of the molecule is CCCOP(=O)(O)OCCC.[SnH2]. The van der Waals surface area contributed by atoms with Crippen LogP contribution in [0.25, 0.3) is 0 Å². The normalized spacial score (nSPS) is 10.9. The van der Waals surface area contributed by atoms with Crippen molar-refractivity contribution in [3.05, 3.63) is 0 Å². The van der Waals surface area contributed by atoms with E-state index in [4.69, 9.17) is 4.89 Å². The van der Waals surface area contributed by atoms with Crippen LogP contribution in [0.3, 0.4) is 0 Å². The van der Waals surface area contributed by atoms with Crippen molar-refractivity contribution >= 4 is 31.7 Å². The molecule has 12 heavy (non-hydrogen) atoms. The zero-order chi connectivity index (χ0) is 8.74. The quantitative estimate of drug-likeness (QED) is 0.588.